The van der Waals surface area contributed by atoms with E-state index < -0.39 is 0 Å². The van der Waals surface area contributed by atoms with Gasteiger partial charge in [-0.1, -0.05) is 81.6 Å². The predicted molar refractivity (Wildman–Crippen MR) is 201 cm³/mol. The van der Waals surface area contributed by atoms with Crippen molar-refractivity contribution in [3.8, 4) is 34.1 Å². The van der Waals surface area contributed by atoms with Gasteiger partial charge < -0.3 is 9.30 Å². The van der Waals surface area contributed by atoms with Gasteiger partial charge in [0.15, 0.2) is 0 Å². The molecule has 0 unspecified atom stereocenters. The molecular weight excluding hydrogens is 796 g/mol. The predicted octanol–water partition coefficient (Wildman–Crippen LogP) is 11.3. The first kappa shape index (κ1) is 35.4. The number of ether oxygens (including phenoxy) is 1. The molecule has 7 rings (SSSR count). The van der Waals surface area contributed by atoms with Crippen molar-refractivity contribution in [3.05, 3.63) is 131 Å². The standard InChI is InChI=1S/C44H44N4O.Pt/c1-7-8-10-13-33-16-19-41-40(26-33)39-18-17-37(28-42(39)47(41)43-23-30(4)20-21-45-43)49-38-25-34(22-29(2)3)24-36(27-38)48-32(6)44(31(5)46-48)35-14-11-9-12-15-35;/h9,11-12,14-21,23-26,29H,7-8,10,13,22H2,1-6H3;/q-2;+2. The van der Waals surface area contributed by atoms with Gasteiger partial charge in [0.25, 0.3) is 0 Å². The molecule has 5 nitrogen and oxygen atoms in total. The van der Waals surface area contributed by atoms with E-state index in [1.807, 2.05) is 29.1 Å². The molecule has 0 aliphatic carbocycles. The summed E-state index contributed by atoms with van der Waals surface area (Å²) in [4.78, 5) is 4.79. The van der Waals surface area contributed by atoms with E-state index in [9.17, 15) is 0 Å². The number of fused-ring (bicyclic) bond motifs is 3. The molecule has 4 aromatic carbocycles. The van der Waals surface area contributed by atoms with Gasteiger partial charge in [-0.2, -0.15) is 16.7 Å². The molecule has 3 aromatic heterocycles. The molecule has 3 heterocycles. The third-order valence-electron chi connectivity index (χ3n) is 9.25. The number of hydrogen-bond acceptors (Lipinski definition) is 3. The summed E-state index contributed by atoms with van der Waals surface area (Å²) in [5.41, 5.74) is 11.0. The summed E-state index contributed by atoms with van der Waals surface area (Å²) in [7, 11) is 0. The van der Waals surface area contributed by atoms with Crippen LogP contribution in [0.3, 0.4) is 0 Å². The van der Waals surface area contributed by atoms with Crippen LogP contribution in [0, 0.1) is 38.8 Å². The molecule has 0 bridgehead atoms. The fourth-order valence-electron chi connectivity index (χ4n) is 7.01. The first-order valence-corrected chi connectivity index (χ1v) is 17.6. The first-order valence-electron chi connectivity index (χ1n) is 17.6. The zero-order valence-corrected chi connectivity index (χ0v) is 32.1. The van der Waals surface area contributed by atoms with Gasteiger partial charge in [-0.25, -0.2) is 4.98 Å². The zero-order chi connectivity index (χ0) is 34.1. The van der Waals surface area contributed by atoms with E-state index in [1.165, 1.54) is 35.8 Å². The third-order valence-corrected chi connectivity index (χ3v) is 9.25. The monoisotopic (exact) mass is 839 g/mol. The second-order valence-corrected chi connectivity index (χ2v) is 13.7. The number of unbranched alkanes of at least 4 members (excludes halogenated alkanes) is 2. The Hall–Kier alpha value is -4.47. The Morgan fingerprint density at radius 2 is 1.62 bits per heavy atom. The summed E-state index contributed by atoms with van der Waals surface area (Å²) < 4.78 is 10.9. The van der Waals surface area contributed by atoms with Crippen LogP contribution in [0.4, 0.5) is 0 Å². The van der Waals surface area contributed by atoms with Crippen molar-refractivity contribution in [2.45, 2.75) is 73.6 Å². The average Bonchev–Trinajstić information content (AvgIpc) is 3.57. The number of nitrogens with zero attached hydrogens (tertiary/aromatic N) is 4. The minimum absolute atomic E-state index is 0. The SMILES string of the molecule is CCCCCc1ccc2c(c1)c1ccc(Oc3[c-]c(-n4nc(C)c(-c5ccccc5)c4C)cc(CC(C)C)c3)[c-]c1n2-c1cc(C)ccn1.[Pt+2]. The molecule has 7 aromatic rings. The van der Waals surface area contributed by atoms with E-state index in [0.29, 0.717) is 17.4 Å². The fraction of sp³-hybridized carbons (Fsp3) is 0.273. The van der Waals surface area contributed by atoms with Gasteiger partial charge in [0, 0.05) is 34.5 Å². The summed E-state index contributed by atoms with van der Waals surface area (Å²) in [6, 6.07) is 37.2. The van der Waals surface area contributed by atoms with Crippen LogP contribution in [0.5, 0.6) is 11.5 Å². The van der Waals surface area contributed by atoms with E-state index >= 15 is 0 Å². The minimum Gasteiger partial charge on any atom is -0.509 e. The number of aryl methyl sites for hydroxylation is 3. The minimum atomic E-state index is 0. The number of hydrogen-bond donors (Lipinski definition) is 0. The molecule has 0 aliphatic heterocycles. The van der Waals surface area contributed by atoms with Crippen molar-refractivity contribution in [3.63, 3.8) is 0 Å². The van der Waals surface area contributed by atoms with Gasteiger partial charge in [-0.15, -0.1) is 35.7 Å². The van der Waals surface area contributed by atoms with Gasteiger partial charge in [0.1, 0.15) is 5.82 Å². The van der Waals surface area contributed by atoms with Crippen molar-refractivity contribution in [2.75, 3.05) is 0 Å². The largest absolute Gasteiger partial charge is 2.00 e. The quantitative estimate of drug-likeness (QED) is 0.0963. The van der Waals surface area contributed by atoms with Gasteiger partial charge in [0.05, 0.1) is 5.69 Å². The summed E-state index contributed by atoms with van der Waals surface area (Å²) >= 11 is 0. The zero-order valence-electron chi connectivity index (χ0n) is 29.8. The van der Waals surface area contributed by atoms with E-state index in [-0.39, 0.29) is 21.1 Å². The molecule has 0 N–H and O–H groups in total. The van der Waals surface area contributed by atoms with Crippen LogP contribution in [0.2, 0.25) is 0 Å². The first-order chi connectivity index (χ1) is 23.8. The Morgan fingerprint density at radius 3 is 2.38 bits per heavy atom. The van der Waals surface area contributed by atoms with Crippen LogP contribution < -0.4 is 4.74 Å². The number of benzene rings is 4. The molecule has 0 saturated carbocycles. The molecule has 0 aliphatic rings. The maximum atomic E-state index is 6.65. The molecule has 0 atom stereocenters. The second kappa shape index (κ2) is 15.2. The smallest absolute Gasteiger partial charge is 0.509 e. The van der Waals surface area contributed by atoms with Gasteiger partial charge in [-0.05, 0) is 91.9 Å². The van der Waals surface area contributed by atoms with Crippen LogP contribution in [0.1, 0.15) is 68.1 Å². The molecule has 0 fully saturated rings. The van der Waals surface area contributed by atoms with Gasteiger partial charge >= 0.3 is 21.1 Å². The van der Waals surface area contributed by atoms with E-state index in [4.69, 9.17) is 14.8 Å². The van der Waals surface area contributed by atoms with Crippen molar-refractivity contribution in [1.29, 1.82) is 0 Å². The number of pyridine rings is 1. The molecular formula is C44H44N4OPt. The van der Waals surface area contributed by atoms with E-state index in [0.717, 1.165) is 68.8 Å². The Morgan fingerprint density at radius 1 is 0.800 bits per heavy atom. The second-order valence-electron chi connectivity index (χ2n) is 13.7. The van der Waals surface area contributed by atoms with Crippen LogP contribution in [-0.2, 0) is 33.9 Å². The summed E-state index contributed by atoms with van der Waals surface area (Å²) in [5.74, 6) is 2.64. The maximum Gasteiger partial charge on any atom is 2.00 e. The summed E-state index contributed by atoms with van der Waals surface area (Å²) in [5, 5.41) is 7.33. The molecule has 0 saturated heterocycles. The van der Waals surface area contributed by atoms with Gasteiger partial charge in [0.2, 0.25) is 0 Å². The van der Waals surface area contributed by atoms with Crippen LogP contribution in [0.15, 0.2) is 91.1 Å². The maximum absolute atomic E-state index is 6.65. The summed E-state index contributed by atoms with van der Waals surface area (Å²) in [6.07, 6.45) is 7.53. The van der Waals surface area contributed by atoms with Crippen LogP contribution in [-0.4, -0.2) is 19.3 Å². The summed E-state index contributed by atoms with van der Waals surface area (Å²) in [6.45, 7) is 13.0. The number of aromatic nitrogens is 4. The number of rotatable bonds is 11. The van der Waals surface area contributed by atoms with Crippen LogP contribution >= 0.6 is 0 Å². The fourth-order valence-corrected chi connectivity index (χ4v) is 7.01. The van der Waals surface area contributed by atoms with E-state index in [2.05, 4.69) is 125 Å². The molecule has 256 valence electrons. The molecule has 0 radical (unpaired) electrons. The van der Waals surface area contributed by atoms with Crippen molar-refractivity contribution >= 4 is 21.8 Å². The Balaban J connectivity index is 0.00000432. The van der Waals surface area contributed by atoms with Crippen LogP contribution in [0.25, 0.3) is 44.4 Å². The molecule has 0 spiro atoms. The van der Waals surface area contributed by atoms with Crippen molar-refractivity contribution < 1.29 is 25.8 Å². The normalized spacial score (nSPS) is 11.4. The Labute approximate surface area is 310 Å². The van der Waals surface area contributed by atoms with E-state index in [1.54, 1.807) is 0 Å². The topological polar surface area (TPSA) is 44.9 Å². The van der Waals surface area contributed by atoms with Crippen molar-refractivity contribution in [1.82, 2.24) is 19.3 Å². The van der Waals surface area contributed by atoms with Crippen molar-refractivity contribution in [2.24, 2.45) is 5.92 Å². The average molecular weight is 840 g/mol. The third kappa shape index (κ3) is 7.21. The Bertz CT molecular complexity index is 2260. The van der Waals surface area contributed by atoms with Gasteiger partial charge in [-0.3, -0.25) is 4.68 Å². The molecule has 6 heteroatoms. The molecule has 0 amide bonds. The molecule has 50 heavy (non-hydrogen) atoms. The Kier molecular flexibility index (Phi) is 10.7.